The van der Waals surface area contributed by atoms with E-state index in [4.69, 9.17) is 77.0 Å². The summed E-state index contributed by atoms with van der Waals surface area (Å²) in [5, 5.41) is 47.1. The van der Waals surface area contributed by atoms with E-state index in [9.17, 15) is 62.1 Å². The van der Waals surface area contributed by atoms with Crippen LogP contribution < -0.4 is 35.5 Å². The van der Waals surface area contributed by atoms with Crippen molar-refractivity contribution < 1.29 is 81.0 Å². The maximum Gasteiger partial charge on any atom is 0.311 e. The number of carboxylic acids is 3. The summed E-state index contributed by atoms with van der Waals surface area (Å²) in [7, 11) is 6.39. The minimum Gasteiger partial charge on any atom is -0.495 e. The molecule has 4 atom stereocenters. The number of carbonyl (C=O) groups excluding carboxylic acids is 5. The summed E-state index contributed by atoms with van der Waals surface area (Å²) in [4.78, 5) is 100.0. The Hall–Kier alpha value is -11.4. The van der Waals surface area contributed by atoms with Gasteiger partial charge in [-0.15, -0.1) is 0 Å². The standard InChI is InChI=1S/C26H26Cl2N2O5.2C26H29ClN2O3.C23H24ClN3O6S/c1-30-18-12-20(34-2)23(28)22(27)17(18)11-19(30)24(31)29-26(9-10-35-13-26)16-7-5-15(6-8-16)21(25(32)33)14-3-4-14;2*1-15(2)22(25(31)32)17-7-9-18(10-8-17)26(12-5-13-26)28-24(30)21-14-19-20(29(21)4)11-6-16(3)23(19)27;1-4-20(28)26-34(30,31)15-7-5-14(6-8-15)23(12-33-13-23)25-22(29)18-11-16-17(27(18)2)9-10-19(32-3)21(16)24/h5-8,11-12,14,21H,3-4,9-10,13H2,1-2H3,(H,29,31)(H,32,33);2*6-11,14-15,22H,5,12-13H2,1-4H3,(H,28,30)(H,31,32);5-11H,4,12-13H2,1-3H3,(H,25,29)(H,26,28)/t;2*22-;/m.10./s1. The molecule has 17 rings (SSSR count). The van der Waals surface area contributed by atoms with Gasteiger partial charge in [0.05, 0.1) is 104 Å². The molecule has 4 aromatic heterocycles. The number of methoxy groups -OCH3 is 2. The highest BCUT2D eigenvalue weighted by atomic mass is 35.5. The van der Waals surface area contributed by atoms with Crippen molar-refractivity contribution in [1.29, 1.82) is 0 Å². The van der Waals surface area contributed by atoms with Gasteiger partial charge in [0.1, 0.15) is 44.8 Å². The molecule has 32 heteroatoms. The summed E-state index contributed by atoms with van der Waals surface area (Å²) < 4.78 is 55.7. The second kappa shape index (κ2) is 39.3. The van der Waals surface area contributed by atoms with Crippen molar-refractivity contribution in [3.05, 3.63) is 262 Å². The van der Waals surface area contributed by atoms with Gasteiger partial charge in [0.25, 0.3) is 33.7 Å². The quantitative estimate of drug-likeness (QED) is 0.0250. The molecule has 5 amide bonds. The van der Waals surface area contributed by atoms with Crippen LogP contribution in [0.25, 0.3) is 43.6 Å². The lowest BCUT2D eigenvalue weighted by Gasteiger charge is -2.43. The van der Waals surface area contributed by atoms with E-state index in [2.05, 4.69) is 21.3 Å². The van der Waals surface area contributed by atoms with Crippen molar-refractivity contribution in [2.75, 3.05) is 40.6 Å². The third-order valence-electron chi connectivity index (χ3n) is 26.9. The van der Waals surface area contributed by atoms with Crippen LogP contribution in [0.1, 0.15) is 209 Å². The summed E-state index contributed by atoms with van der Waals surface area (Å²) in [6.07, 6.45) is 8.03. The molecule has 8 N–H and O–H groups in total. The normalized spacial score (nSPS) is 17.0. The molecule has 5 fully saturated rings. The fourth-order valence-corrected chi connectivity index (χ4v) is 20.8. The lowest BCUT2D eigenvalue weighted by molar-refractivity contribution is -0.140. The maximum absolute atomic E-state index is 13.5. The molecule has 0 spiro atoms. The van der Waals surface area contributed by atoms with Crippen LogP contribution in [0.3, 0.4) is 0 Å². The van der Waals surface area contributed by atoms with Gasteiger partial charge >= 0.3 is 17.9 Å². The highest BCUT2D eigenvalue weighted by molar-refractivity contribution is 7.90. The number of rotatable bonds is 26. The predicted molar refractivity (Wildman–Crippen MR) is 515 cm³/mol. The smallest absolute Gasteiger partial charge is 0.311 e. The molecule has 0 radical (unpaired) electrons. The first-order chi connectivity index (χ1) is 63.2. The number of carbonyl (C=O) groups is 8. The van der Waals surface area contributed by atoms with Crippen LogP contribution in [0.15, 0.2) is 169 Å². The third-order valence-corrected chi connectivity index (χ3v) is 30.6. The minimum atomic E-state index is -3.96. The summed E-state index contributed by atoms with van der Waals surface area (Å²) in [5.41, 5.74) is 10.8. The lowest BCUT2D eigenvalue weighted by atomic mass is 9.71. The maximum atomic E-state index is 13.5. The molecule has 2 aliphatic heterocycles. The Bertz CT molecular complexity index is 6470. The number of carboxylic acid groups (broad SMARTS) is 3. The summed E-state index contributed by atoms with van der Waals surface area (Å²) in [5.74, 6) is -4.31. The van der Waals surface area contributed by atoms with Crippen LogP contribution in [0.5, 0.6) is 11.5 Å². The van der Waals surface area contributed by atoms with Crippen LogP contribution in [-0.4, -0.2) is 130 Å². The summed E-state index contributed by atoms with van der Waals surface area (Å²) in [6.45, 7) is 14.4. The molecule has 0 bridgehead atoms. The van der Waals surface area contributed by atoms with Crippen molar-refractivity contribution in [1.82, 2.24) is 44.3 Å². The first-order valence-electron chi connectivity index (χ1n) is 44.1. The Labute approximate surface area is 796 Å². The van der Waals surface area contributed by atoms with Crippen molar-refractivity contribution in [2.45, 2.75) is 157 Å². The summed E-state index contributed by atoms with van der Waals surface area (Å²) in [6, 6.07) is 49.3. The fourth-order valence-electron chi connectivity index (χ4n) is 18.6. The van der Waals surface area contributed by atoms with Gasteiger partial charge in [0.2, 0.25) is 5.91 Å². The second-order valence-corrected chi connectivity index (χ2v) is 39.5. The van der Waals surface area contributed by atoms with E-state index in [-0.39, 0.29) is 65.9 Å². The van der Waals surface area contributed by atoms with Gasteiger partial charge < -0.3 is 73.8 Å². The van der Waals surface area contributed by atoms with Gasteiger partial charge in [-0.1, -0.05) is 190 Å². The molecule has 2 unspecified atom stereocenters. The van der Waals surface area contributed by atoms with E-state index in [1.165, 1.54) is 26.4 Å². The number of aliphatic carboxylic acids is 3. The molecule has 700 valence electrons. The molecule has 133 heavy (non-hydrogen) atoms. The number of aromatic nitrogens is 4. The number of hydrogen-bond acceptors (Lipinski definition) is 14. The molecule has 6 heterocycles. The largest absolute Gasteiger partial charge is 0.495 e. The Kier molecular flexibility index (Phi) is 28.8. The van der Waals surface area contributed by atoms with Gasteiger partial charge in [0, 0.05) is 86.3 Å². The molecular weight excluding hydrogens is 1820 g/mol. The van der Waals surface area contributed by atoms with Gasteiger partial charge in [-0.25, -0.2) is 13.1 Å². The number of halogens is 5. The van der Waals surface area contributed by atoms with E-state index in [0.717, 1.165) is 129 Å². The number of benzene rings is 8. The van der Waals surface area contributed by atoms with Crippen LogP contribution in [0, 0.1) is 31.6 Å². The zero-order valence-corrected chi connectivity index (χ0v) is 80.7. The van der Waals surface area contributed by atoms with Gasteiger partial charge in [-0.05, 0) is 194 Å². The third kappa shape index (κ3) is 19.3. The Morgan fingerprint density at radius 2 is 0.789 bits per heavy atom. The number of amides is 5. The first-order valence-corrected chi connectivity index (χ1v) is 47.5. The molecule has 3 aliphatic carbocycles. The van der Waals surface area contributed by atoms with Crippen LogP contribution in [-0.2, 0) is 89.0 Å². The highest BCUT2D eigenvalue weighted by Crippen LogP contribution is 2.48. The number of aryl methyl sites for hydroxylation is 6. The van der Waals surface area contributed by atoms with Crippen molar-refractivity contribution in [3.63, 3.8) is 0 Å². The predicted octanol–water partition coefficient (Wildman–Crippen LogP) is 19.4. The molecule has 5 aliphatic rings. The first kappa shape index (κ1) is 97.6. The number of nitrogens with one attached hydrogen (secondary N) is 5. The molecule has 12 aromatic rings. The van der Waals surface area contributed by atoms with E-state index >= 15 is 0 Å². The van der Waals surface area contributed by atoms with Gasteiger partial charge in [-0.2, -0.15) is 0 Å². The van der Waals surface area contributed by atoms with E-state index in [1.807, 2.05) is 185 Å². The fraction of sp³-hybridized carbons (Fsp3) is 0.366. The average Bonchev–Trinajstić information content (AvgIpc) is 1.39. The van der Waals surface area contributed by atoms with Crippen LogP contribution in [0.4, 0.5) is 0 Å². The second-order valence-electron chi connectivity index (χ2n) is 36.0. The average molecular weight is 1930 g/mol. The monoisotopic (exact) mass is 1930 g/mol. The molecule has 3 saturated carbocycles. The number of hydrogen-bond donors (Lipinski definition) is 8. The van der Waals surface area contributed by atoms with Crippen LogP contribution >= 0.6 is 58.0 Å². The zero-order valence-electron chi connectivity index (χ0n) is 76.1. The van der Waals surface area contributed by atoms with Gasteiger partial charge in [0.15, 0.2) is 0 Å². The van der Waals surface area contributed by atoms with Crippen molar-refractivity contribution in [3.8, 4) is 11.5 Å². The lowest BCUT2D eigenvalue weighted by Crippen LogP contribution is -2.59. The Morgan fingerprint density at radius 1 is 0.429 bits per heavy atom. The molecule has 2 saturated heterocycles. The van der Waals surface area contributed by atoms with E-state index < -0.39 is 73.7 Å². The molecule has 26 nitrogen and oxygen atoms in total. The van der Waals surface area contributed by atoms with E-state index in [1.54, 1.807) is 66.6 Å². The molecule has 8 aromatic carbocycles. The van der Waals surface area contributed by atoms with Crippen molar-refractivity contribution in [2.24, 2.45) is 45.9 Å². The Balaban J connectivity index is 0.000000143. The van der Waals surface area contributed by atoms with Gasteiger partial charge in [-0.3, -0.25) is 38.4 Å². The SMILES string of the molecule is CCC(=O)NS(=O)(=O)c1ccc(C2(NC(=O)c3cc4c(Cl)c(OC)ccc4n3C)COC2)cc1.COc1cc2c(cc(C(=O)NC3(c4ccc(C(C(=O)O)C5CC5)cc4)CCOC3)n2C)c(Cl)c1Cl.Cc1ccc2c(cc(C(=O)NC3(c4ccc([C@@H](C(=O)O)C(C)C)cc4)CCC3)n2C)c1Cl.Cc1ccc2c(cc(C(=O)NC3(c4ccc([C@H](C(=O)O)C(C)C)cc4)CCC3)n2C)c1Cl. The number of sulfonamides is 1. The van der Waals surface area contributed by atoms with Crippen LogP contribution in [0.2, 0.25) is 25.1 Å². The minimum absolute atomic E-state index is 0.00218. The number of ether oxygens (including phenoxy) is 4. The van der Waals surface area contributed by atoms with E-state index in [0.29, 0.717) is 95.4 Å². The highest BCUT2D eigenvalue weighted by Gasteiger charge is 2.47. The number of fused-ring (bicyclic) bond motifs is 4. The molecular formula is C101H108Cl5N9O17S. The topological polar surface area (TPSA) is 348 Å². The summed E-state index contributed by atoms with van der Waals surface area (Å²) >= 11 is 32.2. The zero-order chi connectivity index (χ0) is 96.0. The van der Waals surface area contributed by atoms with Crippen molar-refractivity contribution >= 4 is 159 Å². The Morgan fingerprint density at radius 3 is 1.14 bits per heavy atom. The number of nitrogens with zero attached hydrogens (tertiary/aromatic N) is 4.